The van der Waals surface area contributed by atoms with Crippen LogP contribution in [0.2, 0.25) is 0 Å². The third kappa shape index (κ3) is 3.71. The second-order valence-electron chi connectivity index (χ2n) is 4.61. The van der Waals surface area contributed by atoms with E-state index in [-0.39, 0.29) is 0 Å². The lowest BCUT2D eigenvalue weighted by Crippen LogP contribution is -2.00. The maximum atomic E-state index is 5.92. The van der Waals surface area contributed by atoms with Crippen LogP contribution in [0.25, 0.3) is 0 Å². The molecule has 0 saturated carbocycles. The SMILES string of the molecule is COc1cccc(OC)c1CCc1cc(Br)c(N)c(Br)c1. The Bertz CT molecular complexity index is 599. The van der Waals surface area contributed by atoms with Crippen LogP contribution in [-0.2, 0) is 12.8 Å². The molecule has 0 bridgehead atoms. The first-order valence-electron chi connectivity index (χ1n) is 6.50. The highest BCUT2D eigenvalue weighted by molar-refractivity contribution is 9.11. The summed E-state index contributed by atoms with van der Waals surface area (Å²) in [6.07, 6.45) is 1.70. The normalized spacial score (nSPS) is 10.5. The van der Waals surface area contributed by atoms with E-state index in [4.69, 9.17) is 15.2 Å². The Kier molecular flexibility index (Phi) is 5.53. The fourth-order valence-corrected chi connectivity index (χ4v) is 3.51. The Hall–Kier alpha value is -1.20. The van der Waals surface area contributed by atoms with Crippen LogP contribution in [0.15, 0.2) is 39.3 Å². The number of methoxy groups -OCH3 is 2. The molecule has 0 heterocycles. The number of hydrogen-bond donors (Lipinski definition) is 1. The van der Waals surface area contributed by atoms with Gasteiger partial charge in [0.15, 0.2) is 0 Å². The van der Waals surface area contributed by atoms with Crippen molar-refractivity contribution >= 4 is 37.5 Å². The smallest absolute Gasteiger partial charge is 0.125 e. The minimum absolute atomic E-state index is 0.716. The van der Waals surface area contributed by atoms with Gasteiger partial charge in [-0.2, -0.15) is 0 Å². The van der Waals surface area contributed by atoms with Crippen LogP contribution in [0.5, 0.6) is 11.5 Å². The Morgan fingerprint density at radius 1 is 0.952 bits per heavy atom. The summed E-state index contributed by atoms with van der Waals surface area (Å²) in [5.74, 6) is 1.70. The molecule has 2 aromatic rings. The van der Waals surface area contributed by atoms with Crippen LogP contribution in [0.3, 0.4) is 0 Å². The second kappa shape index (κ2) is 7.18. The molecule has 0 atom stereocenters. The topological polar surface area (TPSA) is 44.5 Å². The quantitative estimate of drug-likeness (QED) is 0.727. The van der Waals surface area contributed by atoms with E-state index >= 15 is 0 Å². The molecule has 0 aliphatic heterocycles. The van der Waals surface area contributed by atoms with Crippen molar-refractivity contribution in [3.63, 3.8) is 0 Å². The average Bonchev–Trinajstić information content (AvgIpc) is 2.49. The Morgan fingerprint density at radius 2 is 1.48 bits per heavy atom. The number of hydrogen-bond acceptors (Lipinski definition) is 3. The lowest BCUT2D eigenvalue weighted by Gasteiger charge is -2.13. The third-order valence-corrected chi connectivity index (χ3v) is 4.64. The molecule has 0 aromatic heterocycles. The van der Waals surface area contributed by atoms with Gasteiger partial charge < -0.3 is 15.2 Å². The van der Waals surface area contributed by atoms with Crippen LogP contribution in [0, 0.1) is 0 Å². The predicted octanol–water partition coefficient (Wildman–Crippen LogP) is 4.60. The fourth-order valence-electron chi connectivity index (χ4n) is 2.22. The van der Waals surface area contributed by atoms with Crippen LogP contribution in [0.4, 0.5) is 5.69 Å². The van der Waals surface area contributed by atoms with Crippen molar-refractivity contribution in [1.29, 1.82) is 0 Å². The lowest BCUT2D eigenvalue weighted by atomic mass is 10.0. The summed E-state index contributed by atoms with van der Waals surface area (Å²) in [5.41, 5.74) is 8.90. The summed E-state index contributed by atoms with van der Waals surface area (Å²) in [5, 5.41) is 0. The van der Waals surface area contributed by atoms with Crippen molar-refractivity contribution in [3.8, 4) is 11.5 Å². The van der Waals surface area contributed by atoms with Gasteiger partial charge in [-0.1, -0.05) is 6.07 Å². The first kappa shape index (κ1) is 16.2. The van der Waals surface area contributed by atoms with E-state index in [2.05, 4.69) is 31.9 Å². The Balaban J connectivity index is 2.24. The summed E-state index contributed by atoms with van der Waals surface area (Å²) < 4.78 is 12.7. The van der Waals surface area contributed by atoms with E-state index in [0.29, 0.717) is 5.69 Å². The maximum Gasteiger partial charge on any atom is 0.125 e. The van der Waals surface area contributed by atoms with E-state index in [1.165, 1.54) is 5.56 Å². The number of rotatable bonds is 5. The molecule has 0 aliphatic carbocycles. The minimum Gasteiger partial charge on any atom is -0.496 e. The molecule has 0 unspecified atom stereocenters. The van der Waals surface area contributed by atoms with Crippen molar-refractivity contribution in [2.75, 3.05) is 20.0 Å². The van der Waals surface area contributed by atoms with Crippen molar-refractivity contribution in [1.82, 2.24) is 0 Å². The molecule has 5 heteroatoms. The zero-order chi connectivity index (χ0) is 15.4. The number of ether oxygens (including phenoxy) is 2. The zero-order valence-electron chi connectivity index (χ0n) is 12.0. The van der Waals surface area contributed by atoms with Gasteiger partial charge in [-0.15, -0.1) is 0 Å². The van der Waals surface area contributed by atoms with Gasteiger partial charge in [0.25, 0.3) is 0 Å². The van der Waals surface area contributed by atoms with Gasteiger partial charge in [0.2, 0.25) is 0 Å². The highest BCUT2D eigenvalue weighted by Crippen LogP contribution is 2.32. The van der Waals surface area contributed by atoms with E-state index in [1.54, 1.807) is 14.2 Å². The maximum absolute atomic E-state index is 5.92. The molecule has 2 N–H and O–H groups in total. The molecule has 21 heavy (non-hydrogen) atoms. The van der Waals surface area contributed by atoms with Gasteiger partial charge in [-0.3, -0.25) is 0 Å². The molecule has 2 rings (SSSR count). The number of halogens is 2. The van der Waals surface area contributed by atoms with Gasteiger partial charge in [-0.05, 0) is 74.5 Å². The van der Waals surface area contributed by atoms with E-state index in [9.17, 15) is 0 Å². The first-order valence-corrected chi connectivity index (χ1v) is 8.08. The molecular weight excluding hydrogens is 398 g/mol. The number of nitrogens with two attached hydrogens (primary N) is 1. The molecule has 0 fully saturated rings. The van der Waals surface area contributed by atoms with Gasteiger partial charge in [0.1, 0.15) is 11.5 Å². The largest absolute Gasteiger partial charge is 0.496 e. The summed E-state index contributed by atoms with van der Waals surface area (Å²) in [6.45, 7) is 0. The molecule has 0 amide bonds. The van der Waals surface area contributed by atoms with Gasteiger partial charge in [0.05, 0.1) is 19.9 Å². The molecule has 0 radical (unpaired) electrons. The van der Waals surface area contributed by atoms with Gasteiger partial charge in [0, 0.05) is 14.5 Å². The number of nitrogen functional groups attached to an aromatic ring is 1. The van der Waals surface area contributed by atoms with Crippen LogP contribution < -0.4 is 15.2 Å². The van der Waals surface area contributed by atoms with Crippen molar-refractivity contribution < 1.29 is 9.47 Å². The molecular formula is C16H17Br2NO2. The van der Waals surface area contributed by atoms with E-state index < -0.39 is 0 Å². The molecule has 2 aromatic carbocycles. The zero-order valence-corrected chi connectivity index (χ0v) is 15.1. The molecule has 0 aliphatic rings. The Labute approximate surface area is 141 Å². The van der Waals surface area contributed by atoms with Crippen molar-refractivity contribution in [2.45, 2.75) is 12.8 Å². The highest BCUT2D eigenvalue weighted by atomic mass is 79.9. The third-order valence-electron chi connectivity index (χ3n) is 3.33. The van der Waals surface area contributed by atoms with Crippen molar-refractivity contribution in [2.24, 2.45) is 0 Å². The number of aryl methyl sites for hydroxylation is 1. The monoisotopic (exact) mass is 413 g/mol. The second-order valence-corrected chi connectivity index (χ2v) is 6.32. The first-order chi connectivity index (χ1) is 10.1. The average molecular weight is 415 g/mol. The number of anilines is 1. The molecule has 0 saturated heterocycles. The summed E-state index contributed by atoms with van der Waals surface area (Å²) in [4.78, 5) is 0. The summed E-state index contributed by atoms with van der Waals surface area (Å²) in [7, 11) is 3.35. The van der Waals surface area contributed by atoms with Crippen LogP contribution in [-0.4, -0.2) is 14.2 Å². The fraction of sp³-hybridized carbons (Fsp3) is 0.250. The van der Waals surface area contributed by atoms with E-state index in [0.717, 1.165) is 38.8 Å². The van der Waals surface area contributed by atoms with Gasteiger partial charge >= 0.3 is 0 Å². The van der Waals surface area contributed by atoms with E-state index in [1.807, 2.05) is 30.3 Å². The Morgan fingerprint density at radius 3 is 1.95 bits per heavy atom. The van der Waals surface area contributed by atoms with Crippen molar-refractivity contribution in [3.05, 3.63) is 50.4 Å². The van der Waals surface area contributed by atoms with Gasteiger partial charge in [-0.25, -0.2) is 0 Å². The highest BCUT2D eigenvalue weighted by Gasteiger charge is 2.11. The van der Waals surface area contributed by atoms with Crippen LogP contribution >= 0.6 is 31.9 Å². The standard InChI is InChI=1S/C16H17Br2NO2/c1-20-14-4-3-5-15(21-2)11(14)7-6-10-8-12(17)16(19)13(18)9-10/h3-5,8-9H,6-7,19H2,1-2H3. The predicted molar refractivity (Wildman–Crippen MR) is 93.2 cm³/mol. The van der Waals surface area contributed by atoms with Crippen LogP contribution in [0.1, 0.15) is 11.1 Å². The minimum atomic E-state index is 0.716. The molecule has 0 spiro atoms. The molecule has 112 valence electrons. The molecule has 3 nitrogen and oxygen atoms in total. The number of benzene rings is 2. The summed E-state index contributed by atoms with van der Waals surface area (Å²) >= 11 is 6.95. The summed E-state index contributed by atoms with van der Waals surface area (Å²) in [6, 6.07) is 9.92. The lowest BCUT2D eigenvalue weighted by molar-refractivity contribution is 0.385.